The van der Waals surface area contributed by atoms with Crippen molar-refractivity contribution in [2.45, 2.75) is 316 Å². The van der Waals surface area contributed by atoms with Crippen LogP contribution in [0.15, 0.2) is 26.0 Å². The Morgan fingerprint density at radius 1 is 0.242 bits per heavy atom. The summed E-state index contributed by atoms with van der Waals surface area (Å²) in [6, 6.07) is 2.29. The van der Waals surface area contributed by atoms with E-state index in [4.69, 9.17) is 57.9 Å². The summed E-state index contributed by atoms with van der Waals surface area (Å²) in [5, 5.41) is 34.8. The molecule has 4 aromatic heterocycles. The number of aromatic amines is 3. The molecule has 9 rings (SSSR count). The zero-order valence-electron chi connectivity index (χ0n) is 77.0. The molecule has 8 aromatic rings. The van der Waals surface area contributed by atoms with Gasteiger partial charge in [0.05, 0.1) is 130 Å². The summed E-state index contributed by atoms with van der Waals surface area (Å²) >= 11 is 0. The Balaban J connectivity index is 1.79. The molecule has 0 saturated carbocycles. The monoisotopic (exact) mass is 1660 g/mol. The molecule has 0 atom stereocenters. The number of unbranched alkanes of at least 4 members (excludes halogenated alkanes) is 16. The summed E-state index contributed by atoms with van der Waals surface area (Å²) in [6.07, 6.45) is 28.8. The van der Waals surface area contributed by atoms with Crippen molar-refractivity contribution in [2.75, 3.05) is 148 Å². The van der Waals surface area contributed by atoms with Crippen molar-refractivity contribution in [2.24, 2.45) is 20.0 Å². The Morgan fingerprint density at radius 2 is 0.500 bits per heavy atom. The molecule has 0 unspecified atom stereocenters. The summed E-state index contributed by atoms with van der Waals surface area (Å²) in [7, 11) is 0. The highest BCUT2D eigenvalue weighted by Crippen LogP contribution is 2.59. The number of hydrogen-bond acceptors (Lipinski definition) is 20. The summed E-state index contributed by atoms with van der Waals surface area (Å²) in [4.78, 5) is 37.2. The van der Waals surface area contributed by atoms with Crippen LogP contribution in [0.2, 0.25) is 0 Å². The van der Waals surface area contributed by atoms with Crippen molar-refractivity contribution >= 4 is 106 Å². The van der Waals surface area contributed by atoms with E-state index in [-0.39, 0.29) is 0 Å². The van der Waals surface area contributed by atoms with E-state index < -0.39 is 0 Å². The van der Waals surface area contributed by atoms with E-state index in [0.29, 0.717) is 192 Å². The van der Waals surface area contributed by atoms with Crippen LogP contribution in [0.5, 0.6) is 46.0 Å². The van der Waals surface area contributed by atoms with Crippen LogP contribution in [0, 0.1) is 0 Å². The molecular formula is C96H156N16O8. The van der Waals surface area contributed by atoms with Crippen molar-refractivity contribution in [3.8, 4) is 46.0 Å². The number of nitrogens with zero attached hydrogens (tertiary/aromatic N) is 5. The first-order chi connectivity index (χ1) is 59.0. The first-order valence-electron chi connectivity index (χ1n) is 47.9. The predicted octanol–water partition coefficient (Wildman–Crippen LogP) is 24.5. The Morgan fingerprint density at radius 3 is 0.842 bits per heavy atom. The minimum Gasteiger partial charge on any atom is -0.489 e. The highest BCUT2D eigenvalue weighted by Gasteiger charge is 2.36. The summed E-state index contributed by atoms with van der Waals surface area (Å²) < 4.78 is 60.9. The van der Waals surface area contributed by atoms with Gasteiger partial charge < -0.3 is 95.5 Å². The second-order valence-electron chi connectivity index (χ2n) is 32.2. The van der Waals surface area contributed by atoms with Crippen LogP contribution in [0.4, 0.5) is 63.1 Å². The molecule has 0 fully saturated rings. The number of aromatic nitrogens is 4. The maximum absolute atomic E-state index is 7.49. The van der Waals surface area contributed by atoms with Crippen LogP contribution < -0.4 is 102 Å². The molecule has 11 N–H and O–H groups in total. The Bertz CT molecular complexity index is 4690. The quantitative estimate of drug-likeness (QED) is 0.0158. The molecule has 8 bridgehead atoms. The number of nitrogens with one attached hydrogen (secondary N) is 11. The number of rotatable bonds is 64. The summed E-state index contributed by atoms with van der Waals surface area (Å²) in [5.74, 6) is 5.90. The van der Waals surface area contributed by atoms with Crippen molar-refractivity contribution in [1.29, 1.82) is 0 Å². The van der Waals surface area contributed by atoms with E-state index in [1.807, 2.05) is 0 Å². The topological polar surface area (TPSA) is 272 Å². The van der Waals surface area contributed by atoms with Crippen LogP contribution in [0.1, 0.15) is 316 Å². The van der Waals surface area contributed by atoms with E-state index in [0.717, 1.165) is 293 Å². The lowest BCUT2D eigenvalue weighted by atomic mass is 10.0. The molecule has 668 valence electrons. The van der Waals surface area contributed by atoms with E-state index in [2.05, 4.69) is 179 Å². The SMILES string of the molecule is CCCCNc1cc2c3[nH]c(c2c(NCCCC)c1NCCCC)=Nc1c2c(NCCCC)c(NCCCC)c(NCCCC)c(NCCCC)c2c(n1NCCCC)N=c1[nH]c(c2c(OCCCC)c(OCCCC)c(OCCCC)c(OCCCC)c12)=Nc1[nH]c(c2c(OCCCC)c(OCCCC)c(OCCCC)c(OCCCC)c12)N=3. The van der Waals surface area contributed by atoms with Gasteiger partial charge in [0.2, 0.25) is 23.0 Å². The van der Waals surface area contributed by atoms with Crippen molar-refractivity contribution in [1.82, 2.24) is 19.6 Å². The van der Waals surface area contributed by atoms with Crippen molar-refractivity contribution < 1.29 is 37.9 Å². The van der Waals surface area contributed by atoms with Crippen LogP contribution in [-0.2, 0) is 0 Å². The zero-order valence-corrected chi connectivity index (χ0v) is 77.0. The fourth-order valence-electron chi connectivity index (χ4n) is 14.8. The zero-order chi connectivity index (χ0) is 85.4. The Hall–Kier alpha value is -8.96. The van der Waals surface area contributed by atoms with Crippen LogP contribution >= 0.6 is 0 Å². The predicted molar refractivity (Wildman–Crippen MR) is 506 cm³/mol. The molecule has 4 aromatic carbocycles. The highest BCUT2D eigenvalue weighted by atomic mass is 16.6. The normalized spacial score (nSPS) is 11.9. The molecule has 0 radical (unpaired) electrons. The molecule has 120 heavy (non-hydrogen) atoms. The lowest BCUT2D eigenvalue weighted by Crippen LogP contribution is -2.18. The van der Waals surface area contributed by atoms with E-state index in [9.17, 15) is 0 Å². The number of anilines is 7. The third-order valence-corrected chi connectivity index (χ3v) is 22.0. The number of H-pyrrole nitrogens is 3. The summed E-state index contributed by atoms with van der Waals surface area (Å²) in [6.45, 7) is 44.4. The molecule has 24 nitrogen and oxygen atoms in total. The average molecular weight is 1660 g/mol. The molecule has 1 aliphatic heterocycles. The lowest BCUT2D eigenvalue weighted by Gasteiger charge is -2.24. The number of hydrogen-bond donors (Lipinski definition) is 11. The average Bonchev–Trinajstić information content (AvgIpc) is 1.54. The van der Waals surface area contributed by atoms with Gasteiger partial charge in [-0.1, -0.05) is 214 Å². The van der Waals surface area contributed by atoms with E-state index in [1.165, 1.54) is 0 Å². The molecule has 0 amide bonds. The minimum absolute atomic E-state index is 0.371. The van der Waals surface area contributed by atoms with Gasteiger partial charge in [0.15, 0.2) is 34.6 Å². The first-order valence-corrected chi connectivity index (χ1v) is 47.9. The van der Waals surface area contributed by atoms with Gasteiger partial charge in [-0.05, 0) is 109 Å². The van der Waals surface area contributed by atoms with E-state index in [1.54, 1.807) is 0 Å². The third kappa shape index (κ3) is 23.8. The maximum Gasteiger partial charge on any atom is 0.208 e. The van der Waals surface area contributed by atoms with Crippen LogP contribution in [0.3, 0.4) is 0 Å². The number of benzene rings is 4. The first kappa shape index (κ1) is 94.9. The standard InChI is InChI=1S/C96H156N16O8/c1-17-33-49-97-67-65-66-68(76(99-51-35-19-3)75(67)98-50-34-18-2)90-105-89(66)106-91-71-72(82(114-58-42-26-10)86(118-62-46-30-14)85(117-61-45-29-13)81(71)113-57-41-25-9)92(107-91)108-93-73-74(84(116-60-44-28-12)88(120-64-48-32-16)87(119-63-47-31-15)83(73)115-59-43-27-11)94(109-93)111-96-70-69(95(110-90)112(96)104-56-40-24-8)77(100-52-36-20-4)79(102-54-38-22-6)80(103-55-39-23-7)78(70)101-53-37-21-5/h65,97-104H,17-64H2,1-16H3,(H3,105,106,107,108,109,110,111). The summed E-state index contributed by atoms with van der Waals surface area (Å²) in [5.41, 5.74) is 12.8. The molecule has 0 spiro atoms. The second kappa shape index (κ2) is 51.7. The van der Waals surface area contributed by atoms with Gasteiger partial charge in [0.25, 0.3) is 0 Å². The maximum atomic E-state index is 7.49. The van der Waals surface area contributed by atoms with Gasteiger partial charge in [-0.15, -0.1) is 0 Å². The fraction of sp³-hybridized carbons (Fsp3) is 0.667. The highest BCUT2D eigenvalue weighted by molar-refractivity contribution is 6.22. The van der Waals surface area contributed by atoms with Gasteiger partial charge in [0.1, 0.15) is 33.6 Å². The Kier molecular flexibility index (Phi) is 40.9. The Labute approximate surface area is 718 Å². The minimum atomic E-state index is 0.371. The number of fused-ring (bicyclic) bond motifs is 20. The van der Waals surface area contributed by atoms with Crippen LogP contribution in [-0.4, -0.2) is 125 Å². The lowest BCUT2D eigenvalue weighted by molar-refractivity contribution is 0.225. The number of ether oxygens (including phenoxy) is 8. The fourth-order valence-corrected chi connectivity index (χ4v) is 14.8. The van der Waals surface area contributed by atoms with E-state index >= 15 is 0 Å². The molecule has 5 heterocycles. The van der Waals surface area contributed by atoms with Gasteiger partial charge in [0, 0.05) is 57.7 Å². The van der Waals surface area contributed by atoms with Gasteiger partial charge in [-0.3, -0.25) is 0 Å². The van der Waals surface area contributed by atoms with Gasteiger partial charge in [-0.25, -0.2) is 24.6 Å². The van der Waals surface area contributed by atoms with Crippen molar-refractivity contribution in [3.05, 3.63) is 28.0 Å². The van der Waals surface area contributed by atoms with Crippen LogP contribution in [0.25, 0.3) is 43.1 Å². The van der Waals surface area contributed by atoms with Crippen molar-refractivity contribution in [3.63, 3.8) is 0 Å². The second-order valence-corrected chi connectivity index (χ2v) is 32.2. The smallest absolute Gasteiger partial charge is 0.208 e. The van der Waals surface area contributed by atoms with Gasteiger partial charge in [-0.2, -0.15) is 0 Å². The van der Waals surface area contributed by atoms with Gasteiger partial charge >= 0.3 is 0 Å². The molecule has 0 saturated heterocycles. The molecule has 0 aliphatic carbocycles. The molecule has 1 aliphatic rings. The largest absolute Gasteiger partial charge is 0.489 e. The molecule has 24 heteroatoms. The molecular weight excluding hydrogens is 1510 g/mol. The third-order valence-electron chi connectivity index (χ3n) is 22.0.